The molecule has 4 nitrogen and oxygen atoms in total. The van der Waals surface area contributed by atoms with Gasteiger partial charge in [-0.15, -0.1) is 11.3 Å². The van der Waals surface area contributed by atoms with Crippen LogP contribution in [0.3, 0.4) is 0 Å². The van der Waals surface area contributed by atoms with Crippen LogP contribution in [0.15, 0.2) is 3.79 Å². The smallest absolute Gasteiger partial charge is 0.274 e. The topological polar surface area (TPSA) is 42.4 Å². The molecular formula is C12H17BrN2O2S. The van der Waals surface area contributed by atoms with E-state index in [0.29, 0.717) is 11.6 Å². The van der Waals surface area contributed by atoms with Gasteiger partial charge in [0.2, 0.25) is 0 Å². The van der Waals surface area contributed by atoms with Crippen molar-refractivity contribution in [1.29, 1.82) is 0 Å². The van der Waals surface area contributed by atoms with Gasteiger partial charge in [-0.1, -0.05) is 0 Å². The van der Waals surface area contributed by atoms with E-state index in [4.69, 9.17) is 4.74 Å². The minimum atomic E-state index is 0.0326. The number of carbonyl (C=O) groups is 1. The fraction of sp³-hybridized carbons (Fsp3) is 0.667. The number of halogens is 1. The molecule has 1 aromatic heterocycles. The van der Waals surface area contributed by atoms with E-state index in [-0.39, 0.29) is 5.91 Å². The number of nitrogens with zero attached hydrogens (tertiary/aromatic N) is 2. The minimum absolute atomic E-state index is 0.0326. The van der Waals surface area contributed by atoms with Gasteiger partial charge >= 0.3 is 0 Å². The number of carbonyl (C=O) groups excluding carboxylic acids is 1. The Labute approximate surface area is 119 Å². The van der Waals surface area contributed by atoms with Crippen LogP contribution in [-0.2, 0) is 4.74 Å². The Balaban J connectivity index is 1.97. The van der Waals surface area contributed by atoms with Crippen molar-refractivity contribution in [3.63, 3.8) is 0 Å². The van der Waals surface area contributed by atoms with Crippen LogP contribution >= 0.6 is 27.3 Å². The van der Waals surface area contributed by atoms with Crippen molar-refractivity contribution in [1.82, 2.24) is 9.88 Å². The van der Waals surface area contributed by atoms with Crippen LogP contribution in [0.25, 0.3) is 0 Å². The summed E-state index contributed by atoms with van der Waals surface area (Å²) in [5.41, 5.74) is 0.551. The van der Waals surface area contributed by atoms with Gasteiger partial charge in [0, 0.05) is 25.6 Å². The first-order chi connectivity index (χ1) is 8.61. The number of ether oxygens (including phenoxy) is 1. The van der Waals surface area contributed by atoms with E-state index in [0.717, 1.165) is 41.5 Å². The third kappa shape index (κ3) is 3.10. The van der Waals surface area contributed by atoms with E-state index in [1.54, 1.807) is 0 Å². The summed E-state index contributed by atoms with van der Waals surface area (Å²) in [5.74, 6) is 0.498. The Morgan fingerprint density at radius 3 is 3.06 bits per heavy atom. The van der Waals surface area contributed by atoms with Crippen molar-refractivity contribution in [3.05, 3.63) is 14.5 Å². The Morgan fingerprint density at radius 1 is 1.67 bits per heavy atom. The van der Waals surface area contributed by atoms with E-state index in [1.807, 2.05) is 18.7 Å². The van der Waals surface area contributed by atoms with Crippen molar-refractivity contribution < 1.29 is 9.53 Å². The molecular weight excluding hydrogens is 316 g/mol. The maximum Gasteiger partial charge on any atom is 0.274 e. The average molecular weight is 333 g/mol. The van der Waals surface area contributed by atoms with Crippen LogP contribution in [0.4, 0.5) is 0 Å². The van der Waals surface area contributed by atoms with E-state index in [9.17, 15) is 4.79 Å². The maximum absolute atomic E-state index is 12.3. The highest BCUT2D eigenvalue weighted by Gasteiger charge is 2.29. The molecule has 2 rings (SSSR count). The summed E-state index contributed by atoms with van der Waals surface area (Å²) in [6, 6.07) is 0. The number of thiazole rings is 1. The van der Waals surface area contributed by atoms with Gasteiger partial charge in [-0.25, -0.2) is 4.98 Å². The van der Waals surface area contributed by atoms with Crippen molar-refractivity contribution in [2.75, 3.05) is 26.3 Å². The fourth-order valence-electron chi connectivity index (χ4n) is 2.12. The monoisotopic (exact) mass is 332 g/mol. The second-order valence-electron chi connectivity index (χ2n) is 4.42. The second-order valence-corrected chi connectivity index (χ2v) is 6.94. The lowest BCUT2D eigenvalue weighted by Gasteiger charge is -2.15. The largest absolute Gasteiger partial charge is 0.381 e. The van der Waals surface area contributed by atoms with Gasteiger partial charge in [-0.05, 0) is 36.2 Å². The quantitative estimate of drug-likeness (QED) is 0.851. The molecule has 0 radical (unpaired) electrons. The molecule has 1 aliphatic heterocycles. The molecule has 0 saturated carbocycles. The molecule has 1 saturated heterocycles. The third-order valence-electron chi connectivity index (χ3n) is 3.03. The van der Waals surface area contributed by atoms with Gasteiger partial charge in [0.15, 0.2) is 5.69 Å². The molecule has 1 fully saturated rings. The summed E-state index contributed by atoms with van der Waals surface area (Å²) in [4.78, 5) is 18.5. The number of likely N-dealkylation sites (tertiary alicyclic amines) is 1. The van der Waals surface area contributed by atoms with Crippen LogP contribution < -0.4 is 0 Å². The molecule has 18 heavy (non-hydrogen) atoms. The van der Waals surface area contributed by atoms with E-state index in [1.165, 1.54) is 11.3 Å². The van der Waals surface area contributed by atoms with Crippen LogP contribution in [0, 0.1) is 12.8 Å². The normalized spacial score (nSPS) is 19.5. The summed E-state index contributed by atoms with van der Waals surface area (Å²) >= 11 is 4.91. The van der Waals surface area contributed by atoms with Crippen molar-refractivity contribution in [3.8, 4) is 0 Å². The molecule has 1 amide bonds. The highest BCUT2D eigenvalue weighted by Crippen LogP contribution is 2.27. The minimum Gasteiger partial charge on any atom is -0.381 e. The summed E-state index contributed by atoms with van der Waals surface area (Å²) in [5, 5.41) is 0.912. The summed E-state index contributed by atoms with van der Waals surface area (Å²) in [6.45, 7) is 6.97. The second kappa shape index (κ2) is 6.12. The molecule has 1 atom stereocenters. The molecule has 2 heterocycles. The number of hydrogen-bond acceptors (Lipinski definition) is 4. The van der Waals surface area contributed by atoms with Gasteiger partial charge in [0.25, 0.3) is 5.91 Å². The number of aryl methyl sites for hydroxylation is 1. The van der Waals surface area contributed by atoms with Gasteiger partial charge < -0.3 is 9.64 Å². The predicted molar refractivity (Wildman–Crippen MR) is 75.1 cm³/mol. The van der Waals surface area contributed by atoms with Crippen LogP contribution in [0.2, 0.25) is 0 Å². The van der Waals surface area contributed by atoms with E-state index < -0.39 is 0 Å². The first kappa shape index (κ1) is 14.0. The first-order valence-electron chi connectivity index (χ1n) is 6.11. The molecule has 1 aromatic rings. The first-order valence-corrected chi connectivity index (χ1v) is 7.72. The third-order valence-corrected chi connectivity index (χ3v) is 4.65. The molecule has 0 N–H and O–H groups in total. The molecule has 0 spiro atoms. The number of amides is 1. The lowest BCUT2D eigenvalue weighted by atomic mass is 10.1. The molecule has 6 heteroatoms. The maximum atomic E-state index is 12.3. The van der Waals surface area contributed by atoms with Crippen molar-refractivity contribution >= 4 is 33.2 Å². The highest BCUT2D eigenvalue weighted by molar-refractivity contribution is 9.11. The van der Waals surface area contributed by atoms with Crippen molar-refractivity contribution in [2.45, 2.75) is 20.3 Å². The molecule has 0 aliphatic carbocycles. The Morgan fingerprint density at radius 2 is 2.44 bits per heavy atom. The zero-order valence-electron chi connectivity index (χ0n) is 10.6. The molecule has 0 aromatic carbocycles. The number of aromatic nitrogens is 1. The number of rotatable bonds is 4. The summed E-state index contributed by atoms with van der Waals surface area (Å²) < 4.78 is 6.25. The van der Waals surface area contributed by atoms with Gasteiger partial charge in [0.05, 0.1) is 11.6 Å². The van der Waals surface area contributed by atoms with Crippen LogP contribution in [0.5, 0.6) is 0 Å². The van der Waals surface area contributed by atoms with Gasteiger partial charge in [-0.2, -0.15) is 0 Å². The molecule has 0 unspecified atom stereocenters. The lowest BCUT2D eigenvalue weighted by molar-refractivity contribution is 0.0757. The summed E-state index contributed by atoms with van der Waals surface area (Å²) in [7, 11) is 0. The van der Waals surface area contributed by atoms with Crippen molar-refractivity contribution in [2.24, 2.45) is 5.92 Å². The Hall–Kier alpha value is -0.460. The zero-order chi connectivity index (χ0) is 13.1. The zero-order valence-corrected chi connectivity index (χ0v) is 13.0. The van der Waals surface area contributed by atoms with E-state index in [2.05, 4.69) is 20.9 Å². The lowest BCUT2D eigenvalue weighted by Crippen LogP contribution is -2.29. The van der Waals surface area contributed by atoms with Gasteiger partial charge in [0.1, 0.15) is 3.79 Å². The standard InChI is InChI=1S/C12H17BrN2O2S/c1-3-17-7-9-4-5-15(6-9)12(16)10-11(13)18-8(2)14-10/h9H,3-7H2,1-2H3/t9-/m1/s1. The Bertz CT molecular complexity index is 436. The fourth-order valence-corrected chi connectivity index (χ4v) is 3.71. The SMILES string of the molecule is CCOC[C@@H]1CCN(C(=O)c2nc(C)sc2Br)C1. The van der Waals surface area contributed by atoms with E-state index >= 15 is 0 Å². The van der Waals surface area contributed by atoms with Gasteiger partial charge in [-0.3, -0.25) is 4.79 Å². The van der Waals surface area contributed by atoms with Crippen LogP contribution in [-0.4, -0.2) is 42.1 Å². The summed E-state index contributed by atoms with van der Waals surface area (Å²) in [6.07, 6.45) is 1.02. The predicted octanol–water partition coefficient (Wildman–Crippen LogP) is 2.71. The molecule has 100 valence electrons. The molecule has 0 bridgehead atoms. The Kier molecular flexibility index (Phi) is 4.75. The van der Waals surface area contributed by atoms with Crippen LogP contribution in [0.1, 0.15) is 28.8 Å². The average Bonchev–Trinajstić information content (AvgIpc) is 2.92. The highest BCUT2D eigenvalue weighted by atomic mass is 79.9. The number of hydrogen-bond donors (Lipinski definition) is 0. The molecule has 1 aliphatic rings.